The van der Waals surface area contributed by atoms with Crippen molar-refractivity contribution in [2.45, 2.75) is 161 Å². The van der Waals surface area contributed by atoms with Crippen LogP contribution in [0.5, 0.6) is 0 Å². The highest BCUT2D eigenvalue weighted by atomic mass is 31.2. The number of rotatable bonds is 29. The topological polar surface area (TPSA) is 119 Å². The summed E-state index contributed by atoms with van der Waals surface area (Å²) in [5.41, 5.74) is 0. The van der Waals surface area contributed by atoms with Crippen LogP contribution in [0.2, 0.25) is 0 Å². The first-order valence-corrected chi connectivity index (χ1v) is 17.5. The van der Waals surface area contributed by atoms with E-state index in [2.05, 4.69) is 30.5 Å². The predicted octanol–water partition coefficient (Wildman–Crippen LogP) is 8.73. The molecule has 8 nitrogen and oxygen atoms in total. The zero-order chi connectivity index (χ0) is 29.7. The minimum Gasteiger partial charge on any atom is -0.462 e. The average Bonchev–Trinajstić information content (AvgIpc) is 2.91. The number of allylic oxidation sites excluding steroid dienone is 2. The Morgan fingerprint density at radius 1 is 0.625 bits per heavy atom. The maximum Gasteiger partial charge on any atom is 0.469 e. The number of hydrogen-bond donors (Lipinski definition) is 2. The standard InChI is InChI=1S/C31H59O8P/c1-3-5-7-9-11-12-13-14-15-16-17-18-20-21-23-25-30(32)37-27-29(28-38-40(34,35)36)39-31(33)26-24-22-19-10-8-6-4-2/h9,11,29H,3-8,10,12-28H2,1-2H3,(H2,34,35,36)/b11-9+/t29-/m1/s1. The molecule has 0 saturated carbocycles. The molecule has 0 aromatic carbocycles. The summed E-state index contributed by atoms with van der Waals surface area (Å²) in [5.74, 6) is -0.892. The summed E-state index contributed by atoms with van der Waals surface area (Å²) < 4.78 is 26.1. The predicted molar refractivity (Wildman–Crippen MR) is 161 cm³/mol. The Balaban J connectivity index is 3.95. The van der Waals surface area contributed by atoms with Gasteiger partial charge in [-0.25, -0.2) is 4.57 Å². The van der Waals surface area contributed by atoms with E-state index < -0.39 is 32.5 Å². The molecule has 0 fully saturated rings. The molecule has 0 aromatic heterocycles. The van der Waals surface area contributed by atoms with Crippen LogP contribution in [0.15, 0.2) is 12.2 Å². The highest BCUT2D eigenvalue weighted by Crippen LogP contribution is 2.35. The van der Waals surface area contributed by atoms with E-state index in [-0.39, 0.29) is 19.4 Å². The highest BCUT2D eigenvalue weighted by molar-refractivity contribution is 7.46. The number of carbonyl (C=O) groups is 2. The molecule has 0 spiro atoms. The summed E-state index contributed by atoms with van der Waals surface area (Å²) in [6.45, 7) is 3.57. The first kappa shape index (κ1) is 38.8. The summed E-state index contributed by atoms with van der Waals surface area (Å²) in [6.07, 6.45) is 26.7. The lowest BCUT2D eigenvalue weighted by Gasteiger charge is -2.18. The van der Waals surface area contributed by atoms with Crippen LogP contribution in [0.4, 0.5) is 0 Å². The molecule has 0 aliphatic rings. The minimum atomic E-state index is -4.73. The van der Waals surface area contributed by atoms with Crippen LogP contribution in [0.3, 0.4) is 0 Å². The van der Waals surface area contributed by atoms with E-state index in [1.54, 1.807) is 0 Å². The van der Waals surface area contributed by atoms with Gasteiger partial charge in [0.1, 0.15) is 6.61 Å². The Kier molecular flexibility index (Phi) is 27.1. The molecule has 0 heterocycles. The smallest absolute Gasteiger partial charge is 0.462 e. The fraction of sp³-hybridized carbons (Fsp3) is 0.871. The van der Waals surface area contributed by atoms with Gasteiger partial charge in [-0.1, -0.05) is 122 Å². The van der Waals surface area contributed by atoms with Crippen molar-refractivity contribution in [2.75, 3.05) is 13.2 Å². The zero-order valence-electron chi connectivity index (χ0n) is 25.5. The normalized spacial score (nSPS) is 12.6. The van der Waals surface area contributed by atoms with Crippen LogP contribution in [0.1, 0.15) is 155 Å². The number of phosphoric ester groups is 1. The van der Waals surface area contributed by atoms with Crippen molar-refractivity contribution in [3.05, 3.63) is 12.2 Å². The van der Waals surface area contributed by atoms with E-state index in [0.29, 0.717) is 6.42 Å². The summed E-state index contributed by atoms with van der Waals surface area (Å²) >= 11 is 0. The monoisotopic (exact) mass is 590 g/mol. The first-order valence-electron chi connectivity index (χ1n) is 16.0. The molecular formula is C31H59O8P. The van der Waals surface area contributed by atoms with E-state index in [0.717, 1.165) is 38.5 Å². The summed E-state index contributed by atoms with van der Waals surface area (Å²) in [6, 6.07) is 0. The number of unbranched alkanes of at least 4 members (excludes halogenated alkanes) is 17. The molecule has 0 bridgehead atoms. The number of ether oxygens (including phenoxy) is 2. The molecule has 1 atom stereocenters. The van der Waals surface area contributed by atoms with E-state index in [1.807, 2.05) is 0 Å². The molecular weight excluding hydrogens is 531 g/mol. The molecule has 0 unspecified atom stereocenters. The number of hydrogen-bond acceptors (Lipinski definition) is 6. The molecule has 9 heteroatoms. The number of carbonyl (C=O) groups excluding carboxylic acids is 2. The Morgan fingerprint density at radius 3 is 1.60 bits per heavy atom. The van der Waals surface area contributed by atoms with Crippen LogP contribution in [0, 0.1) is 0 Å². The Hall–Kier alpha value is -1.21. The molecule has 0 amide bonds. The lowest BCUT2D eigenvalue weighted by atomic mass is 10.1. The van der Waals surface area contributed by atoms with Crippen LogP contribution in [-0.4, -0.2) is 41.0 Å². The molecule has 0 aliphatic carbocycles. The lowest BCUT2D eigenvalue weighted by Crippen LogP contribution is -2.29. The van der Waals surface area contributed by atoms with E-state index >= 15 is 0 Å². The van der Waals surface area contributed by atoms with Crippen molar-refractivity contribution in [1.82, 2.24) is 0 Å². The number of esters is 2. The molecule has 0 saturated heterocycles. The Bertz CT molecular complexity index is 676. The molecule has 0 rings (SSSR count). The summed E-state index contributed by atoms with van der Waals surface area (Å²) in [4.78, 5) is 42.3. The molecule has 0 aromatic rings. The lowest BCUT2D eigenvalue weighted by molar-refractivity contribution is -0.161. The van der Waals surface area contributed by atoms with Crippen molar-refractivity contribution in [2.24, 2.45) is 0 Å². The first-order chi connectivity index (χ1) is 19.3. The van der Waals surface area contributed by atoms with E-state index in [4.69, 9.17) is 19.3 Å². The van der Waals surface area contributed by atoms with Gasteiger partial charge >= 0.3 is 19.8 Å². The van der Waals surface area contributed by atoms with Crippen LogP contribution in [0.25, 0.3) is 0 Å². The second-order valence-corrected chi connectivity index (χ2v) is 12.0. The Morgan fingerprint density at radius 2 is 1.07 bits per heavy atom. The fourth-order valence-electron chi connectivity index (χ4n) is 4.35. The third kappa shape index (κ3) is 29.8. The molecule has 0 aliphatic heterocycles. The van der Waals surface area contributed by atoms with Gasteiger partial charge < -0.3 is 19.3 Å². The third-order valence-electron chi connectivity index (χ3n) is 6.78. The SMILES string of the molecule is CCCC/C=C/CCCCCCCCCCCC(=O)OC[C@H](COP(=O)(O)O)OC(=O)CCCCCCCCC. The van der Waals surface area contributed by atoms with Gasteiger partial charge in [0.25, 0.3) is 0 Å². The van der Waals surface area contributed by atoms with Gasteiger partial charge in [-0.3, -0.25) is 14.1 Å². The van der Waals surface area contributed by atoms with Gasteiger partial charge in [-0.2, -0.15) is 0 Å². The Labute approximate surface area is 244 Å². The van der Waals surface area contributed by atoms with Crippen molar-refractivity contribution in [1.29, 1.82) is 0 Å². The second-order valence-electron chi connectivity index (χ2n) is 10.8. The van der Waals surface area contributed by atoms with Gasteiger partial charge in [-0.15, -0.1) is 0 Å². The minimum absolute atomic E-state index is 0.213. The van der Waals surface area contributed by atoms with Crippen LogP contribution < -0.4 is 0 Å². The summed E-state index contributed by atoms with van der Waals surface area (Å²) in [7, 11) is -4.73. The van der Waals surface area contributed by atoms with Crippen molar-refractivity contribution in [3.8, 4) is 0 Å². The van der Waals surface area contributed by atoms with Crippen molar-refractivity contribution >= 4 is 19.8 Å². The third-order valence-corrected chi connectivity index (χ3v) is 7.27. The maximum atomic E-state index is 12.2. The average molecular weight is 591 g/mol. The van der Waals surface area contributed by atoms with E-state index in [9.17, 15) is 14.2 Å². The van der Waals surface area contributed by atoms with Crippen LogP contribution in [-0.2, 0) is 28.2 Å². The van der Waals surface area contributed by atoms with E-state index in [1.165, 1.54) is 83.5 Å². The molecule has 40 heavy (non-hydrogen) atoms. The van der Waals surface area contributed by atoms with Gasteiger partial charge in [0, 0.05) is 12.8 Å². The van der Waals surface area contributed by atoms with Crippen LogP contribution >= 0.6 is 7.82 Å². The molecule has 2 N–H and O–H groups in total. The largest absolute Gasteiger partial charge is 0.469 e. The molecule has 236 valence electrons. The van der Waals surface area contributed by atoms with Crippen molar-refractivity contribution < 1.29 is 37.9 Å². The van der Waals surface area contributed by atoms with Gasteiger partial charge in [0.15, 0.2) is 6.10 Å². The number of phosphoric acid groups is 1. The van der Waals surface area contributed by atoms with Gasteiger partial charge in [0.2, 0.25) is 0 Å². The van der Waals surface area contributed by atoms with Crippen molar-refractivity contribution in [3.63, 3.8) is 0 Å². The quantitative estimate of drug-likeness (QED) is 0.0384. The fourth-order valence-corrected chi connectivity index (χ4v) is 4.71. The van der Waals surface area contributed by atoms with Gasteiger partial charge in [-0.05, 0) is 32.1 Å². The zero-order valence-corrected chi connectivity index (χ0v) is 26.4. The maximum absolute atomic E-state index is 12.2. The second kappa shape index (κ2) is 27.9. The molecule has 0 radical (unpaired) electrons. The summed E-state index contributed by atoms with van der Waals surface area (Å²) in [5, 5.41) is 0. The van der Waals surface area contributed by atoms with Gasteiger partial charge in [0.05, 0.1) is 6.61 Å². The highest BCUT2D eigenvalue weighted by Gasteiger charge is 2.22.